The minimum Gasteiger partial charge on any atom is -0.460 e. The Hall–Kier alpha value is -1.52. The molecule has 0 saturated carbocycles. The van der Waals surface area contributed by atoms with Gasteiger partial charge in [0.25, 0.3) is 0 Å². The van der Waals surface area contributed by atoms with Crippen LogP contribution in [0.25, 0.3) is 0 Å². The minimum absolute atomic E-state index is 0.154. The predicted octanol–water partition coefficient (Wildman–Crippen LogP) is 1.77. The predicted molar refractivity (Wildman–Crippen MR) is 62.5 cm³/mol. The summed E-state index contributed by atoms with van der Waals surface area (Å²) < 4.78 is 10.1. The zero-order valence-electron chi connectivity index (χ0n) is 10.9. The topological polar surface area (TPSA) is 64.6 Å². The second-order valence-corrected chi connectivity index (χ2v) is 5.11. The van der Waals surface area contributed by atoms with Crippen molar-refractivity contribution in [3.63, 3.8) is 0 Å². The molecule has 1 aliphatic heterocycles. The molecule has 1 atom stereocenters. The lowest BCUT2D eigenvalue weighted by atomic mass is 10.0. The lowest BCUT2D eigenvalue weighted by Crippen LogP contribution is -2.45. The van der Waals surface area contributed by atoms with Crippen LogP contribution in [0.4, 0.5) is 4.79 Å². The van der Waals surface area contributed by atoms with Gasteiger partial charge in [0.1, 0.15) is 12.2 Å². The van der Waals surface area contributed by atoms with Crippen molar-refractivity contribution >= 4 is 12.1 Å². The number of ether oxygens (including phenoxy) is 2. The van der Waals surface area contributed by atoms with E-state index >= 15 is 0 Å². The van der Waals surface area contributed by atoms with Crippen LogP contribution in [0.2, 0.25) is 0 Å². The number of hydrogen-bond acceptors (Lipinski definition) is 4. The van der Waals surface area contributed by atoms with E-state index in [9.17, 15) is 9.59 Å². The minimum atomic E-state index is -0.540. The van der Waals surface area contributed by atoms with Gasteiger partial charge in [0, 0.05) is 5.57 Å². The summed E-state index contributed by atoms with van der Waals surface area (Å²) in [5.74, 6) is -0.329. The molecule has 0 saturated heterocycles. The third-order valence-electron chi connectivity index (χ3n) is 2.49. The molecule has 1 rings (SSSR count). The number of alkyl carbamates (subject to hydrolysis) is 1. The molecule has 1 heterocycles. The summed E-state index contributed by atoms with van der Waals surface area (Å²) >= 11 is 0. The number of carbonyl (C=O) groups is 2. The number of hydrogen-bond donors (Lipinski definition) is 1. The van der Waals surface area contributed by atoms with Crippen molar-refractivity contribution in [2.24, 2.45) is 0 Å². The molecule has 0 aromatic heterocycles. The van der Waals surface area contributed by atoms with Crippen molar-refractivity contribution < 1.29 is 19.1 Å². The third-order valence-corrected chi connectivity index (χ3v) is 2.49. The molecule has 1 amide bonds. The maximum atomic E-state index is 11.6. The summed E-state index contributed by atoms with van der Waals surface area (Å²) in [6, 6.07) is -0.303. The molecule has 96 valence electrons. The molecular weight excluding hydrogens is 222 g/mol. The van der Waals surface area contributed by atoms with Crippen molar-refractivity contribution in [3.8, 4) is 0 Å². The standard InChI is InChI=1S/C12H19NO4/c1-7-8(2)10(14)16-6-9(7)13-11(15)17-12(3,4)5/h9H,6H2,1-5H3,(H,13,15)/t9-/m1/s1. The van der Waals surface area contributed by atoms with E-state index in [0.29, 0.717) is 5.57 Å². The smallest absolute Gasteiger partial charge is 0.408 e. The fourth-order valence-corrected chi connectivity index (χ4v) is 1.41. The summed E-state index contributed by atoms with van der Waals surface area (Å²) in [6.45, 7) is 9.02. The van der Waals surface area contributed by atoms with Gasteiger partial charge in [-0.3, -0.25) is 0 Å². The van der Waals surface area contributed by atoms with Gasteiger partial charge in [-0.05, 0) is 40.2 Å². The third kappa shape index (κ3) is 3.76. The first kappa shape index (κ1) is 13.5. The highest BCUT2D eigenvalue weighted by molar-refractivity contribution is 5.90. The normalized spacial score (nSPS) is 21.0. The van der Waals surface area contributed by atoms with Crippen molar-refractivity contribution in [2.75, 3.05) is 6.61 Å². The SMILES string of the molecule is CC1=C(C)[C@H](NC(=O)OC(C)(C)C)COC1=O. The summed E-state index contributed by atoms with van der Waals surface area (Å²) in [5, 5.41) is 2.68. The molecule has 17 heavy (non-hydrogen) atoms. The van der Waals surface area contributed by atoms with E-state index in [1.165, 1.54) is 0 Å². The van der Waals surface area contributed by atoms with Gasteiger partial charge in [-0.1, -0.05) is 0 Å². The van der Waals surface area contributed by atoms with Crippen LogP contribution < -0.4 is 5.32 Å². The maximum absolute atomic E-state index is 11.6. The summed E-state index contributed by atoms with van der Waals surface area (Å²) in [7, 11) is 0. The van der Waals surface area contributed by atoms with Gasteiger partial charge in [-0.25, -0.2) is 9.59 Å². The first-order valence-electron chi connectivity index (χ1n) is 5.54. The summed E-state index contributed by atoms with van der Waals surface area (Å²) in [5.41, 5.74) is 0.812. The lowest BCUT2D eigenvalue weighted by Gasteiger charge is -2.27. The largest absolute Gasteiger partial charge is 0.460 e. The van der Waals surface area contributed by atoms with Crippen LogP contribution in [0.3, 0.4) is 0 Å². The van der Waals surface area contributed by atoms with Crippen LogP contribution >= 0.6 is 0 Å². The molecule has 0 radical (unpaired) electrons. The van der Waals surface area contributed by atoms with Gasteiger partial charge < -0.3 is 14.8 Å². The molecule has 0 spiro atoms. The Morgan fingerprint density at radius 2 is 2.00 bits per heavy atom. The zero-order valence-corrected chi connectivity index (χ0v) is 10.9. The Balaban J connectivity index is 2.65. The Bertz CT molecular complexity index is 365. The molecule has 0 fully saturated rings. The van der Waals surface area contributed by atoms with Gasteiger partial charge in [0.2, 0.25) is 0 Å². The summed E-state index contributed by atoms with van der Waals surface area (Å²) in [6.07, 6.45) is -0.507. The zero-order chi connectivity index (χ0) is 13.2. The van der Waals surface area contributed by atoms with E-state index in [1.807, 2.05) is 0 Å². The van der Waals surface area contributed by atoms with E-state index in [2.05, 4.69) is 5.32 Å². The van der Waals surface area contributed by atoms with E-state index in [-0.39, 0.29) is 18.6 Å². The number of rotatable bonds is 1. The van der Waals surface area contributed by atoms with E-state index in [4.69, 9.17) is 9.47 Å². The first-order valence-corrected chi connectivity index (χ1v) is 5.54. The van der Waals surface area contributed by atoms with Crippen molar-refractivity contribution in [1.82, 2.24) is 5.32 Å². The molecule has 0 unspecified atom stereocenters. The average molecular weight is 241 g/mol. The first-order chi connectivity index (χ1) is 7.70. The molecule has 0 aromatic rings. The number of carbonyl (C=O) groups excluding carboxylic acids is 2. The Kier molecular flexibility index (Phi) is 3.80. The fourth-order valence-electron chi connectivity index (χ4n) is 1.41. The Morgan fingerprint density at radius 1 is 1.41 bits per heavy atom. The second-order valence-electron chi connectivity index (χ2n) is 5.11. The molecular formula is C12H19NO4. The molecule has 1 N–H and O–H groups in total. The van der Waals surface area contributed by atoms with Crippen LogP contribution in [0.1, 0.15) is 34.6 Å². The molecule has 5 nitrogen and oxygen atoms in total. The van der Waals surface area contributed by atoms with Gasteiger partial charge in [-0.2, -0.15) is 0 Å². The van der Waals surface area contributed by atoms with E-state index in [0.717, 1.165) is 5.57 Å². The molecule has 5 heteroatoms. The molecule has 0 aromatic carbocycles. The maximum Gasteiger partial charge on any atom is 0.408 e. The van der Waals surface area contributed by atoms with Gasteiger partial charge in [0.05, 0.1) is 6.04 Å². The Labute approximate surface area is 101 Å². The monoisotopic (exact) mass is 241 g/mol. The molecule has 1 aliphatic rings. The van der Waals surface area contributed by atoms with Crippen LogP contribution in [0.5, 0.6) is 0 Å². The number of esters is 1. The van der Waals surface area contributed by atoms with Crippen molar-refractivity contribution in [2.45, 2.75) is 46.3 Å². The Morgan fingerprint density at radius 3 is 2.53 bits per heavy atom. The van der Waals surface area contributed by atoms with Crippen LogP contribution in [-0.2, 0) is 14.3 Å². The highest BCUT2D eigenvalue weighted by atomic mass is 16.6. The van der Waals surface area contributed by atoms with Crippen LogP contribution in [0.15, 0.2) is 11.1 Å². The second kappa shape index (κ2) is 4.77. The van der Waals surface area contributed by atoms with Crippen LogP contribution in [-0.4, -0.2) is 30.3 Å². The van der Waals surface area contributed by atoms with Crippen molar-refractivity contribution in [3.05, 3.63) is 11.1 Å². The summed E-state index contributed by atoms with van der Waals surface area (Å²) in [4.78, 5) is 22.8. The highest BCUT2D eigenvalue weighted by Gasteiger charge is 2.27. The number of cyclic esters (lactones) is 1. The quantitative estimate of drug-likeness (QED) is 0.711. The van der Waals surface area contributed by atoms with Gasteiger partial charge in [0.15, 0.2) is 0 Å². The van der Waals surface area contributed by atoms with E-state index < -0.39 is 11.7 Å². The van der Waals surface area contributed by atoms with E-state index in [1.54, 1.807) is 34.6 Å². The number of amides is 1. The molecule has 0 bridgehead atoms. The van der Waals surface area contributed by atoms with Crippen molar-refractivity contribution in [1.29, 1.82) is 0 Å². The lowest BCUT2D eigenvalue weighted by molar-refractivity contribution is -0.140. The number of nitrogens with one attached hydrogen (secondary N) is 1. The van der Waals surface area contributed by atoms with Gasteiger partial charge >= 0.3 is 12.1 Å². The molecule has 0 aliphatic carbocycles. The fraction of sp³-hybridized carbons (Fsp3) is 0.667. The van der Waals surface area contributed by atoms with Crippen LogP contribution in [0, 0.1) is 0 Å². The van der Waals surface area contributed by atoms with Gasteiger partial charge in [-0.15, -0.1) is 0 Å². The highest BCUT2D eigenvalue weighted by Crippen LogP contribution is 2.17. The average Bonchev–Trinajstić information content (AvgIpc) is 2.16.